The van der Waals surface area contributed by atoms with Crippen molar-refractivity contribution in [1.82, 2.24) is 5.43 Å². The van der Waals surface area contributed by atoms with E-state index in [1.807, 2.05) is 18.2 Å². The summed E-state index contributed by atoms with van der Waals surface area (Å²) in [6.45, 7) is -0.196. The van der Waals surface area contributed by atoms with Gasteiger partial charge in [0.05, 0.1) is 6.21 Å². The summed E-state index contributed by atoms with van der Waals surface area (Å²) >= 11 is 0. The molecule has 0 bridgehead atoms. The van der Waals surface area contributed by atoms with E-state index in [-0.39, 0.29) is 24.2 Å². The van der Waals surface area contributed by atoms with Crippen LogP contribution in [0, 0.1) is 5.82 Å². The van der Waals surface area contributed by atoms with Crippen molar-refractivity contribution in [3.8, 4) is 5.75 Å². The average Bonchev–Trinajstić information content (AvgIpc) is 2.81. The molecule has 0 spiro atoms. The van der Waals surface area contributed by atoms with Crippen LogP contribution in [-0.2, 0) is 14.3 Å². The van der Waals surface area contributed by atoms with Gasteiger partial charge >= 0.3 is 0 Å². The number of methoxy groups -OCH3 is 1. The van der Waals surface area contributed by atoms with Gasteiger partial charge in [0.2, 0.25) is 0 Å². The first-order valence-corrected chi connectivity index (χ1v) is 9.74. The number of carbonyl (C=O) groups excluding carboxylic acids is 2. The summed E-state index contributed by atoms with van der Waals surface area (Å²) in [4.78, 5) is 24.2. The molecule has 0 saturated heterocycles. The molecule has 1 atom stereocenters. The SMILES string of the molecule is CO[C@@H](C(=O)N/N=C\c1ccc(OCC(=O)Nc2ccc(F)cc2)cc1)c1ccccc1. The maximum atomic E-state index is 12.9. The lowest BCUT2D eigenvalue weighted by Gasteiger charge is -2.13. The number of nitrogens with zero attached hydrogens (tertiary/aromatic N) is 1. The third-order valence-corrected chi connectivity index (χ3v) is 4.34. The van der Waals surface area contributed by atoms with E-state index >= 15 is 0 Å². The fourth-order valence-electron chi connectivity index (χ4n) is 2.78. The Morgan fingerprint density at radius 3 is 2.34 bits per heavy atom. The van der Waals surface area contributed by atoms with Gasteiger partial charge in [-0.3, -0.25) is 9.59 Å². The summed E-state index contributed by atoms with van der Waals surface area (Å²) < 4.78 is 23.6. The predicted octanol–water partition coefficient (Wildman–Crippen LogP) is 3.68. The molecule has 0 radical (unpaired) electrons. The summed E-state index contributed by atoms with van der Waals surface area (Å²) in [5, 5.41) is 6.57. The van der Waals surface area contributed by atoms with Crippen LogP contribution >= 0.6 is 0 Å². The maximum Gasteiger partial charge on any atom is 0.273 e. The molecule has 3 rings (SSSR count). The Morgan fingerprint density at radius 1 is 1.00 bits per heavy atom. The van der Waals surface area contributed by atoms with Crippen molar-refractivity contribution in [2.24, 2.45) is 5.10 Å². The lowest BCUT2D eigenvalue weighted by atomic mass is 10.1. The van der Waals surface area contributed by atoms with Crippen molar-refractivity contribution in [2.75, 3.05) is 19.0 Å². The summed E-state index contributed by atoms with van der Waals surface area (Å²) in [6, 6.07) is 21.4. The molecule has 7 nitrogen and oxygen atoms in total. The van der Waals surface area contributed by atoms with E-state index in [1.165, 1.54) is 37.6 Å². The Kier molecular flexibility index (Phi) is 8.05. The van der Waals surface area contributed by atoms with Crippen LogP contribution < -0.4 is 15.5 Å². The summed E-state index contributed by atoms with van der Waals surface area (Å²) in [5.41, 5.74) is 4.40. The molecule has 32 heavy (non-hydrogen) atoms. The third-order valence-electron chi connectivity index (χ3n) is 4.34. The number of hydrogen-bond donors (Lipinski definition) is 2. The number of anilines is 1. The van der Waals surface area contributed by atoms with Gasteiger partial charge in [0.1, 0.15) is 11.6 Å². The van der Waals surface area contributed by atoms with E-state index < -0.39 is 6.10 Å². The highest BCUT2D eigenvalue weighted by Crippen LogP contribution is 2.16. The van der Waals surface area contributed by atoms with Crippen LogP contribution in [0.2, 0.25) is 0 Å². The fourth-order valence-corrected chi connectivity index (χ4v) is 2.78. The van der Waals surface area contributed by atoms with Crippen molar-refractivity contribution < 1.29 is 23.5 Å². The van der Waals surface area contributed by atoms with E-state index in [9.17, 15) is 14.0 Å². The number of ether oxygens (including phenoxy) is 2. The van der Waals surface area contributed by atoms with Crippen LogP contribution in [0.3, 0.4) is 0 Å². The van der Waals surface area contributed by atoms with Gasteiger partial charge in [-0.25, -0.2) is 9.82 Å². The minimum Gasteiger partial charge on any atom is -0.484 e. The van der Waals surface area contributed by atoms with Crippen LogP contribution in [0.25, 0.3) is 0 Å². The topological polar surface area (TPSA) is 89.0 Å². The molecule has 0 aliphatic carbocycles. The molecule has 2 amide bonds. The van der Waals surface area contributed by atoms with Gasteiger partial charge in [0.15, 0.2) is 12.7 Å². The lowest BCUT2D eigenvalue weighted by molar-refractivity contribution is -0.131. The number of carbonyl (C=O) groups is 2. The van der Waals surface area contributed by atoms with Crippen LogP contribution in [-0.4, -0.2) is 31.7 Å². The fraction of sp³-hybridized carbons (Fsp3) is 0.125. The molecule has 0 aliphatic rings. The zero-order valence-corrected chi connectivity index (χ0v) is 17.3. The first-order chi connectivity index (χ1) is 15.5. The minimum absolute atomic E-state index is 0.196. The number of halogens is 1. The second-order valence-corrected chi connectivity index (χ2v) is 6.67. The predicted molar refractivity (Wildman–Crippen MR) is 119 cm³/mol. The third kappa shape index (κ3) is 6.75. The molecule has 0 fully saturated rings. The van der Waals surface area contributed by atoms with Gasteiger partial charge in [0.25, 0.3) is 11.8 Å². The Bertz CT molecular complexity index is 1050. The van der Waals surface area contributed by atoms with Gasteiger partial charge in [-0.1, -0.05) is 30.3 Å². The Hall–Kier alpha value is -4.04. The van der Waals surface area contributed by atoms with Gasteiger partial charge in [-0.05, 0) is 59.7 Å². The van der Waals surface area contributed by atoms with Gasteiger partial charge in [-0.15, -0.1) is 0 Å². The van der Waals surface area contributed by atoms with E-state index in [0.29, 0.717) is 11.4 Å². The molecule has 3 aromatic carbocycles. The molecular formula is C24H22FN3O4. The molecule has 2 N–H and O–H groups in total. The first-order valence-electron chi connectivity index (χ1n) is 9.74. The Labute approximate surface area is 184 Å². The van der Waals surface area contributed by atoms with Gasteiger partial charge in [0, 0.05) is 12.8 Å². The van der Waals surface area contributed by atoms with Gasteiger partial charge < -0.3 is 14.8 Å². The van der Waals surface area contributed by atoms with Gasteiger partial charge in [-0.2, -0.15) is 5.10 Å². The molecule has 164 valence electrons. The van der Waals surface area contributed by atoms with E-state index in [2.05, 4.69) is 15.8 Å². The standard InChI is InChI=1S/C24H22FN3O4/c1-31-23(18-5-3-2-4-6-18)24(30)28-26-15-17-7-13-21(14-8-17)32-16-22(29)27-20-11-9-19(25)10-12-20/h2-15,23H,16H2,1H3,(H,27,29)(H,28,30)/b26-15-/t23-/m1/s1. The molecule has 0 aliphatic heterocycles. The van der Waals surface area contributed by atoms with Crippen molar-refractivity contribution >= 4 is 23.7 Å². The molecule has 0 unspecified atom stereocenters. The molecule has 8 heteroatoms. The zero-order chi connectivity index (χ0) is 22.8. The molecule has 3 aromatic rings. The zero-order valence-electron chi connectivity index (χ0n) is 17.3. The van der Waals surface area contributed by atoms with Crippen molar-refractivity contribution in [3.05, 3.63) is 95.8 Å². The largest absolute Gasteiger partial charge is 0.484 e. The van der Waals surface area contributed by atoms with Crippen LogP contribution in [0.4, 0.5) is 10.1 Å². The minimum atomic E-state index is -0.759. The number of benzene rings is 3. The Morgan fingerprint density at radius 2 is 1.69 bits per heavy atom. The molecular weight excluding hydrogens is 413 g/mol. The molecule has 0 aromatic heterocycles. The summed E-state index contributed by atoms with van der Waals surface area (Å²) in [7, 11) is 1.46. The van der Waals surface area contributed by atoms with E-state index in [4.69, 9.17) is 9.47 Å². The number of nitrogens with one attached hydrogen (secondary N) is 2. The van der Waals surface area contributed by atoms with Crippen LogP contribution in [0.5, 0.6) is 5.75 Å². The lowest BCUT2D eigenvalue weighted by Crippen LogP contribution is -2.26. The second kappa shape index (κ2) is 11.4. The number of hydrogen-bond acceptors (Lipinski definition) is 5. The van der Waals surface area contributed by atoms with Crippen LogP contribution in [0.15, 0.2) is 84.0 Å². The molecule has 0 saturated carbocycles. The normalized spacial score (nSPS) is 11.7. The highest BCUT2D eigenvalue weighted by atomic mass is 19.1. The van der Waals surface area contributed by atoms with E-state index in [0.717, 1.165) is 11.1 Å². The van der Waals surface area contributed by atoms with Crippen molar-refractivity contribution in [1.29, 1.82) is 0 Å². The monoisotopic (exact) mass is 435 g/mol. The van der Waals surface area contributed by atoms with E-state index in [1.54, 1.807) is 36.4 Å². The van der Waals surface area contributed by atoms with Crippen molar-refractivity contribution in [3.63, 3.8) is 0 Å². The quantitative estimate of drug-likeness (QED) is 0.396. The maximum absolute atomic E-state index is 12.9. The number of hydrazone groups is 1. The summed E-state index contributed by atoms with van der Waals surface area (Å²) in [5.74, 6) is -0.640. The van der Waals surface area contributed by atoms with Crippen LogP contribution in [0.1, 0.15) is 17.2 Å². The number of rotatable bonds is 9. The average molecular weight is 435 g/mol. The Balaban J connectivity index is 1.46. The smallest absolute Gasteiger partial charge is 0.273 e. The second-order valence-electron chi connectivity index (χ2n) is 6.67. The summed E-state index contributed by atoms with van der Waals surface area (Å²) in [6.07, 6.45) is 0.728. The first kappa shape index (κ1) is 22.6. The molecule has 0 heterocycles. The highest BCUT2D eigenvalue weighted by molar-refractivity contribution is 5.91. The highest BCUT2D eigenvalue weighted by Gasteiger charge is 2.19. The number of amides is 2. The van der Waals surface area contributed by atoms with Crippen molar-refractivity contribution in [2.45, 2.75) is 6.10 Å².